The number of hydrogen-bond acceptors (Lipinski definition) is 7. The molecule has 0 saturated carbocycles. The van der Waals surface area contributed by atoms with Crippen molar-refractivity contribution in [2.75, 3.05) is 0 Å². The molecule has 0 amide bonds. The van der Waals surface area contributed by atoms with Crippen molar-refractivity contribution in [3.05, 3.63) is 24.3 Å². The van der Waals surface area contributed by atoms with E-state index in [9.17, 15) is 19.8 Å². The number of hydrogen-bond donors (Lipinski definition) is 0. The number of benzene rings is 1. The summed E-state index contributed by atoms with van der Waals surface area (Å²) >= 11 is 2.19. The van der Waals surface area contributed by atoms with Crippen LogP contribution in [0.25, 0.3) is 10.2 Å². The van der Waals surface area contributed by atoms with Crippen molar-refractivity contribution in [2.24, 2.45) is 0 Å². The van der Waals surface area contributed by atoms with Crippen molar-refractivity contribution in [3.63, 3.8) is 0 Å². The average Bonchev–Trinajstić information content (AvgIpc) is 2.69. The van der Waals surface area contributed by atoms with Crippen LogP contribution in [0.5, 0.6) is 0 Å². The molecule has 2 rings (SSSR count). The summed E-state index contributed by atoms with van der Waals surface area (Å²) in [5, 5.41) is 20.1. The summed E-state index contributed by atoms with van der Waals surface area (Å²) < 4.78 is 1.43. The molecule has 1 unspecified atom stereocenters. The molecule has 0 fully saturated rings. The Morgan fingerprint density at radius 1 is 1.32 bits per heavy atom. The minimum atomic E-state index is -1.43. The molecule has 5 nitrogen and oxygen atoms in total. The number of aliphatic carboxylic acids is 2. The van der Waals surface area contributed by atoms with E-state index in [-0.39, 0.29) is 19.5 Å². The predicted octanol–water partition coefficient (Wildman–Crippen LogP) is -0.356. The summed E-state index contributed by atoms with van der Waals surface area (Å²) in [4.78, 5) is 25.5. The quantitative estimate of drug-likeness (QED) is 0.542. The molecule has 0 radical (unpaired) electrons. The van der Waals surface area contributed by atoms with Gasteiger partial charge in [-0.2, -0.15) is 0 Å². The third-order valence-corrected chi connectivity index (χ3v) is 4.44. The van der Waals surface area contributed by atoms with E-state index in [4.69, 9.17) is 0 Å². The number of para-hydroxylation sites is 1. The van der Waals surface area contributed by atoms with Crippen molar-refractivity contribution in [3.8, 4) is 0 Å². The van der Waals surface area contributed by atoms with Crippen LogP contribution in [-0.4, -0.2) is 22.2 Å². The summed E-state index contributed by atoms with van der Waals surface area (Å²) in [5.41, 5.74) is 0.760. The molecule has 0 spiro atoms. The molecule has 94 valence electrons. The monoisotopic (exact) mass is 345 g/mol. The maximum absolute atomic E-state index is 10.8. The molecular formula is C11H7NO4S2Zn. The number of nitrogens with zero attached hydrogens (tertiary/aromatic N) is 1. The molecule has 1 atom stereocenters. The first-order valence-electron chi connectivity index (χ1n) is 4.99. The molecule has 8 heteroatoms. The second kappa shape index (κ2) is 6.98. The zero-order chi connectivity index (χ0) is 13.1. The van der Waals surface area contributed by atoms with E-state index in [2.05, 4.69) is 4.98 Å². The van der Waals surface area contributed by atoms with Crippen LogP contribution in [0.1, 0.15) is 6.42 Å². The first-order chi connectivity index (χ1) is 8.56. The number of carbonyl (C=O) groups excluding carboxylic acids is 2. The van der Waals surface area contributed by atoms with E-state index in [0.29, 0.717) is 4.34 Å². The topological polar surface area (TPSA) is 93.2 Å². The van der Waals surface area contributed by atoms with Crippen LogP contribution in [0, 0.1) is 0 Å². The first kappa shape index (κ1) is 16.1. The van der Waals surface area contributed by atoms with Crippen molar-refractivity contribution < 1.29 is 39.3 Å². The number of carboxylic acid groups (broad SMARTS) is 2. The van der Waals surface area contributed by atoms with Crippen LogP contribution >= 0.6 is 23.1 Å². The van der Waals surface area contributed by atoms with Gasteiger partial charge in [0.1, 0.15) is 0 Å². The number of carbonyl (C=O) groups is 2. The van der Waals surface area contributed by atoms with Gasteiger partial charge >= 0.3 is 19.5 Å². The van der Waals surface area contributed by atoms with Crippen molar-refractivity contribution >= 4 is 45.3 Å². The van der Waals surface area contributed by atoms with Crippen LogP contribution < -0.4 is 10.2 Å². The Morgan fingerprint density at radius 3 is 2.58 bits per heavy atom. The zero-order valence-electron chi connectivity index (χ0n) is 9.70. The van der Waals surface area contributed by atoms with Gasteiger partial charge in [-0.05, 0) is 12.1 Å². The Balaban J connectivity index is 0.00000180. The molecule has 1 aromatic carbocycles. The van der Waals surface area contributed by atoms with Crippen molar-refractivity contribution in [1.29, 1.82) is 0 Å². The van der Waals surface area contributed by atoms with Gasteiger partial charge in [-0.25, -0.2) is 4.98 Å². The largest absolute Gasteiger partial charge is 2.00 e. The molecule has 1 heterocycles. The van der Waals surface area contributed by atoms with E-state index in [1.165, 1.54) is 11.3 Å². The number of aromatic nitrogens is 1. The second-order valence-corrected chi connectivity index (χ2v) is 5.93. The number of rotatable bonds is 5. The van der Waals surface area contributed by atoms with E-state index < -0.39 is 23.6 Å². The zero-order valence-corrected chi connectivity index (χ0v) is 14.3. The Kier molecular flexibility index (Phi) is 5.91. The fraction of sp³-hybridized carbons (Fsp3) is 0.182. The van der Waals surface area contributed by atoms with Gasteiger partial charge in [-0.1, -0.05) is 23.9 Å². The van der Waals surface area contributed by atoms with E-state index >= 15 is 0 Å². The van der Waals surface area contributed by atoms with Gasteiger partial charge in [0, 0.05) is 12.4 Å². The van der Waals surface area contributed by atoms with Gasteiger partial charge in [0.05, 0.1) is 21.4 Å². The fourth-order valence-corrected chi connectivity index (χ4v) is 3.56. The second-order valence-electron chi connectivity index (χ2n) is 3.45. The summed E-state index contributed by atoms with van der Waals surface area (Å²) in [6.07, 6.45) is -0.594. The summed E-state index contributed by atoms with van der Waals surface area (Å²) in [7, 11) is 0. The Morgan fingerprint density at radius 2 is 2.00 bits per heavy atom. The van der Waals surface area contributed by atoms with E-state index in [1.807, 2.05) is 24.3 Å². The van der Waals surface area contributed by atoms with Crippen LogP contribution in [0.15, 0.2) is 28.6 Å². The van der Waals surface area contributed by atoms with Crippen LogP contribution in [-0.2, 0) is 29.1 Å². The smallest absolute Gasteiger partial charge is 0.550 e. The van der Waals surface area contributed by atoms with E-state index in [1.54, 1.807) is 0 Å². The Labute approximate surface area is 129 Å². The first-order valence-corrected chi connectivity index (χ1v) is 6.69. The third kappa shape index (κ3) is 4.26. The average molecular weight is 347 g/mol. The minimum absolute atomic E-state index is 0. The van der Waals surface area contributed by atoms with Crippen molar-refractivity contribution in [2.45, 2.75) is 16.0 Å². The fourth-order valence-electron chi connectivity index (χ4n) is 1.35. The van der Waals surface area contributed by atoms with Gasteiger partial charge in [-0.15, -0.1) is 11.3 Å². The molecule has 0 aliphatic heterocycles. The molecule has 0 N–H and O–H groups in total. The molecule has 1 aromatic heterocycles. The molecule has 19 heavy (non-hydrogen) atoms. The standard InChI is InChI=1S/C11H9NO4S2.Zn/c13-9(14)5-8(10(15)16)18-11-12-6-3-1-2-4-7(6)17-11;/h1-4,8H,5H2,(H,13,14)(H,15,16);/q;+2/p-2. The van der Waals surface area contributed by atoms with Gasteiger partial charge in [0.25, 0.3) is 0 Å². The minimum Gasteiger partial charge on any atom is -0.550 e. The maximum Gasteiger partial charge on any atom is 2.00 e. The third-order valence-electron chi connectivity index (χ3n) is 2.13. The maximum atomic E-state index is 10.8. The van der Waals surface area contributed by atoms with Gasteiger partial charge in [0.15, 0.2) is 4.34 Å². The molecule has 0 aliphatic carbocycles. The summed E-state index contributed by atoms with van der Waals surface area (Å²) in [6, 6.07) is 7.35. The predicted molar refractivity (Wildman–Crippen MR) is 63.9 cm³/mol. The van der Waals surface area contributed by atoms with Crippen LogP contribution in [0.3, 0.4) is 0 Å². The summed E-state index contributed by atoms with van der Waals surface area (Å²) in [6.45, 7) is 0. The van der Waals surface area contributed by atoms with Gasteiger partial charge in [0.2, 0.25) is 0 Å². The normalized spacial score (nSPS) is 11.8. The SMILES string of the molecule is O=C([O-])CC(Sc1nc2ccccc2s1)C(=O)[O-].[Zn+2]. The number of thioether (sulfide) groups is 1. The molecular weight excluding hydrogens is 340 g/mol. The van der Waals surface area contributed by atoms with Crippen LogP contribution in [0.4, 0.5) is 0 Å². The Hall–Kier alpha value is -0.977. The number of fused-ring (bicyclic) bond motifs is 1. The molecule has 0 saturated heterocycles. The summed E-state index contributed by atoms with van der Waals surface area (Å²) in [5.74, 6) is -2.85. The Bertz CT molecular complexity index is 568. The van der Waals surface area contributed by atoms with Gasteiger partial charge in [-0.3, -0.25) is 0 Å². The molecule has 0 aliphatic rings. The number of thiazole rings is 1. The molecule has 0 bridgehead atoms. The number of carboxylic acids is 2. The van der Waals surface area contributed by atoms with Crippen LogP contribution in [0.2, 0.25) is 0 Å². The van der Waals surface area contributed by atoms with Gasteiger partial charge < -0.3 is 19.8 Å². The van der Waals surface area contributed by atoms with Crippen molar-refractivity contribution in [1.82, 2.24) is 4.98 Å². The molecule has 2 aromatic rings. The van der Waals surface area contributed by atoms with E-state index in [0.717, 1.165) is 22.0 Å².